The predicted octanol–water partition coefficient (Wildman–Crippen LogP) is 2.42. The van der Waals surface area contributed by atoms with Gasteiger partial charge in [0.1, 0.15) is 0 Å². The van der Waals surface area contributed by atoms with Gasteiger partial charge >= 0.3 is 0 Å². The number of hydrogen-bond donors (Lipinski definition) is 3. The molecule has 4 rings (SSSR count). The Hall–Kier alpha value is -3.35. The van der Waals surface area contributed by atoms with Crippen molar-refractivity contribution in [2.45, 2.75) is 26.3 Å². The van der Waals surface area contributed by atoms with Gasteiger partial charge in [-0.1, -0.05) is 6.07 Å². The lowest BCUT2D eigenvalue weighted by molar-refractivity contribution is -0.115. The molecule has 4 N–H and O–H groups in total. The molecule has 1 aliphatic heterocycles. The maximum atomic E-state index is 11.8. The summed E-state index contributed by atoms with van der Waals surface area (Å²) < 4.78 is 1.73. The van der Waals surface area contributed by atoms with E-state index in [1.54, 1.807) is 4.52 Å². The molecule has 2 aromatic heterocycles. The lowest BCUT2D eigenvalue weighted by atomic mass is 10.0. The second-order valence-corrected chi connectivity index (χ2v) is 6.75. The van der Waals surface area contributed by atoms with Crippen LogP contribution in [0.15, 0.2) is 36.7 Å². The average molecular weight is 349 g/mol. The van der Waals surface area contributed by atoms with Gasteiger partial charge in [0.15, 0.2) is 0 Å². The maximum absolute atomic E-state index is 11.8. The lowest BCUT2D eigenvalue weighted by Crippen LogP contribution is -2.19. The quantitative estimate of drug-likeness (QED) is 0.673. The standard InChI is InChI=1S/C19H19N5O2/c1-10(2)22-18-14(19(20)26)8-21-24-9-13(6-16(18)24)11-3-4-15-12(5-11)7-17(25)23-15/h3-6,8-10,22H,7H2,1-2H3,(H2,20,26)(H,23,25). The smallest absolute Gasteiger partial charge is 0.252 e. The van der Waals surface area contributed by atoms with Crippen LogP contribution in [0.4, 0.5) is 11.4 Å². The van der Waals surface area contributed by atoms with Crippen LogP contribution >= 0.6 is 0 Å². The largest absolute Gasteiger partial charge is 0.380 e. The van der Waals surface area contributed by atoms with Crippen molar-refractivity contribution in [2.24, 2.45) is 5.73 Å². The van der Waals surface area contributed by atoms with Gasteiger partial charge in [-0.3, -0.25) is 9.59 Å². The molecule has 7 heteroatoms. The van der Waals surface area contributed by atoms with Crippen molar-refractivity contribution in [1.82, 2.24) is 9.61 Å². The highest BCUT2D eigenvalue weighted by molar-refractivity contribution is 6.02. The Bertz CT molecular complexity index is 1050. The minimum atomic E-state index is -0.520. The Kier molecular flexibility index (Phi) is 3.64. The van der Waals surface area contributed by atoms with Crippen molar-refractivity contribution in [2.75, 3.05) is 10.6 Å². The molecular formula is C19H19N5O2. The molecule has 0 aliphatic carbocycles. The number of carbonyl (C=O) groups excluding carboxylic acids is 2. The number of rotatable bonds is 4. The first kappa shape index (κ1) is 16.1. The number of nitrogens with one attached hydrogen (secondary N) is 2. The van der Waals surface area contributed by atoms with Crippen LogP contribution in [0.2, 0.25) is 0 Å². The van der Waals surface area contributed by atoms with E-state index >= 15 is 0 Å². The van der Waals surface area contributed by atoms with Gasteiger partial charge in [-0.2, -0.15) is 5.10 Å². The van der Waals surface area contributed by atoms with Crippen molar-refractivity contribution in [3.63, 3.8) is 0 Å². The van der Waals surface area contributed by atoms with Crippen molar-refractivity contribution in [3.05, 3.63) is 47.8 Å². The van der Waals surface area contributed by atoms with Crippen LogP contribution in [0.25, 0.3) is 16.6 Å². The number of benzene rings is 1. The molecule has 26 heavy (non-hydrogen) atoms. The van der Waals surface area contributed by atoms with E-state index in [9.17, 15) is 9.59 Å². The molecule has 0 spiro atoms. The summed E-state index contributed by atoms with van der Waals surface area (Å²) in [6, 6.07) is 7.98. The molecule has 0 saturated heterocycles. The SMILES string of the molecule is CC(C)Nc1c(C(N)=O)cnn2cc(-c3ccc4c(c3)CC(=O)N4)cc12. The summed E-state index contributed by atoms with van der Waals surface area (Å²) in [4.78, 5) is 23.3. The number of aromatic nitrogens is 2. The molecule has 0 saturated carbocycles. The molecule has 2 amide bonds. The van der Waals surface area contributed by atoms with Gasteiger partial charge in [0.05, 0.1) is 29.4 Å². The zero-order chi connectivity index (χ0) is 18.4. The molecule has 0 atom stereocenters. The van der Waals surface area contributed by atoms with Gasteiger partial charge in [0.25, 0.3) is 5.91 Å². The maximum Gasteiger partial charge on any atom is 0.252 e. The van der Waals surface area contributed by atoms with Crippen LogP contribution in [-0.4, -0.2) is 27.5 Å². The van der Waals surface area contributed by atoms with Crippen LogP contribution in [0.1, 0.15) is 29.8 Å². The second-order valence-electron chi connectivity index (χ2n) is 6.75. The van der Waals surface area contributed by atoms with Crippen molar-refractivity contribution in [3.8, 4) is 11.1 Å². The number of nitrogens with two attached hydrogens (primary N) is 1. The summed E-state index contributed by atoms with van der Waals surface area (Å²) in [5.41, 5.74) is 11.1. The minimum Gasteiger partial charge on any atom is -0.380 e. The lowest BCUT2D eigenvalue weighted by Gasteiger charge is -2.14. The van der Waals surface area contributed by atoms with E-state index in [1.165, 1.54) is 6.20 Å². The number of fused-ring (bicyclic) bond motifs is 2. The molecule has 3 heterocycles. The Labute approximate surface area is 150 Å². The highest BCUT2D eigenvalue weighted by Crippen LogP contribution is 2.32. The van der Waals surface area contributed by atoms with Gasteiger partial charge in [-0.05, 0) is 43.2 Å². The van der Waals surface area contributed by atoms with Crippen LogP contribution in [0.5, 0.6) is 0 Å². The molecule has 132 valence electrons. The predicted molar refractivity (Wildman–Crippen MR) is 100 cm³/mol. The van der Waals surface area contributed by atoms with E-state index in [-0.39, 0.29) is 11.9 Å². The van der Waals surface area contributed by atoms with Gasteiger partial charge < -0.3 is 16.4 Å². The molecule has 0 bridgehead atoms. The fourth-order valence-corrected chi connectivity index (χ4v) is 3.25. The number of primary amides is 1. The third kappa shape index (κ3) is 2.67. The van der Waals surface area contributed by atoms with E-state index in [2.05, 4.69) is 15.7 Å². The molecule has 0 unspecified atom stereocenters. The first-order valence-corrected chi connectivity index (χ1v) is 8.43. The first-order valence-electron chi connectivity index (χ1n) is 8.43. The average Bonchev–Trinajstić information content (AvgIpc) is 3.15. The van der Waals surface area contributed by atoms with Crippen molar-refractivity contribution < 1.29 is 9.59 Å². The fourth-order valence-electron chi connectivity index (χ4n) is 3.25. The summed E-state index contributed by atoms with van der Waals surface area (Å²) in [5, 5.41) is 10.4. The molecule has 0 fully saturated rings. The molecule has 1 aromatic carbocycles. The first-order chi connectivity index (χ1) is 12.4. The van der Waals surface area contributed by atoms with Crippen LogP contribution in [-0.2, 0) is 11.2 Å². The normalized spacial score (nSPS) is 13.1. The number of nitrogens with zero attached hydrogens (tertiary/aromatic N) is 2. The Morgan fingerprint density at radius 2 is 2.12 bits per heavy atom. The van der Waals surface area contributed by atoms with E-state index in [1.807, 2.05) is 44.3 Å². The van der Waals surface area contributed by atoms with Crippen molar-refractivity contribution >= 4 is 28.7 Å². The minimum absolute atomic E-state index is 0.00961. The summed E-state index contributed by atoms with van der Waals surface area (Å²) in [5.74, 6) is -0.511. The van der Waals surface area contributed by atoms with Crippen LogP contribution in [0.3, 0.4) is 0 Å². The molecule has 7 nitrogen and oxygen atoms in total. The number of carbonyl (C=O) groups is 2. The number of anilines is 2. The van der Waals surface area contributed by atoms with Crippen LogP contribution in [0, 0.1) is 0 Å². The van der Waals surface area contributed by atoms with Gasteiger partial charge in [-0.25, -0.2) is 4.52 Å². The summed E-state index contributed by atoms with van der Waals surface area (Å²) in [6.07, 6.45) is 3.77. The van der Waals surface area contributed by atoms with E-state index in [4.69, 9.17) is 5.73 Å². The highest BCUT2D eigenvalue weighted by Gasteiger charge is 2.19. The molecule has 3 aromatic rings. The summed E-state index contributed by atoms with van der Waals surface area (Å²) in [6.45, 7) is 3.99. The van der Waals surface area contributed by atoms with Gasteiger partial charge in [0, 0.05) is 23.5 Å². The summed E-state index contributed by atoms with van der Waals surface area (Å²) >= 11 is 0. The van der Waals surface area contributed by atoms with Crippen molar-refractivity contribution in [1.29, 1.82) is 0 Å². The zero-order valence-corrected chi connectivity index (χ0v) is 14.5. The third-order valence-corrected chi connectivity index (χ3v) is 4.40. The van der Waals surface area contributed by atoms with Gasteiger partial charge in [0.2, 0.25) is 5.91 Å². The molecule has 1 aliphatic rings. The van der Waals surface area contributed by atoms with E-state index < -0.39 is 5.91 Å². The molecule has 0 radical (unpaired) electrons. The fraction of sp³-hybridized carbons (Fsp3) is 0.211. The Balaban J connectivity index is 1.84. The third-order valence-electron chi connectivity index (χ3n) is 4.40. The number of amides is 2. The monoisotopic (exact) mass is 349 g/mol. The Morgan fingerprint density at radius 1 is 1.31 bits per heavy atom. The number of hydrogen-bond acceptors (Lipinski definition) is 4. The highest BCUT2D eigenvalue weighted by atomic mass is 16.2. The van der Waals surface area contributed by atoms with Crippen LogP contribution < -0.4 is 16.4 Å². The van der Waals surface area contributed by atoms with Gasteiger partial charge in [-0.15, -0.1) is 0 Å². The second kappa shape index (κ2) is 5.87. The van der Waals surface area contributed by atoms with E-state index in [0.717, 1.165) is 27.9 Å². The molecular weight excluding hydrogens is 330 g/mol. The van der Waals surface area contributed by atoms with E-state index in [0.29, 0.717) is 17.7 Å². The topological polar surface area (TPSA) is 102 Å². The Morgan fingerprint density at radius 3 is 2.85 bits per heavy atom. The zero-order valence-electron chi connectivity index (χ0n) is 14.5. The summed E-state index contributed by atoms with van der Waals surface area (Å²) in [7, 11) is 0.